The number of hydrogen-bond acceptors (Lipinski definition) is 4. The number of nitrogens with zero attached hydrogens (tertiary/aromatic N) is 1. The molecule has 1 saturated heterocycles. The minimum Gasteiger partial charge on any atom is -0.468 e. The van der Waals surface area contributed by atoms with Crippen molar-refractivity contribution in [1.82, 2.24) is 4.90 Å². The van der Waals surface area contributed by atoms with Gasteiger partial charge in [0.25, 0.3) is 0 Å². The van der Waals surface area contributed by atoms with E-state index >= 15 is 0 Å². The van der Waals surface area contributed by atoms with Gasteiger partial charge in [0.05, 0.1) is 11.9 Å². The third kappa shape index (κ3) is 2.87. The van der Waals surface area contributed by atoms with Gasteiger partial charge in [0, 0.05) is 7.05 Å². The van der Waals surface area contributed by atoms with Crippen LogP contribution in [0.25, 0.3) is 0 Å². The monoisotopic (exact) mass is 231 g/mol. The first kappa shape index (κ1) is 12.4. The van der Waals surface area contributed by atoms with Gasteiger partial charge in [0.2, 0.25) is 5.91 Å². The van der Waals surface area contributed by atoms with Crippen LogP contribution in [0, 0.1) is 0 Å². The topological polar surface area (TPSA) is 46.6 Å². The van der Waals surface area contributed by atoms with E-state index in [-0.39, 0.29) is 23.2 Å². The van der Waals surface area contributed by atoms with Gasteiger partial charge in [-0.3, -0.25) is 9.59 Å². The SMILES string of the molecule is COC(=O)CN(C)C(=O)C1(C)CCCS1. The molecular formula is C10H17NO3S. The highest BCUT2D eigenvalue weighted by molar-refractivity contribution is 8.01. The highest BCUT2D eigenvalue weighted by Gasteiger charge is 2.39. The van der Waals surface area contributed by atoms with E-state index in [4.69, 9.17) is 0 Å². The number of hydrogen-bond donors (Lipinski definition) is 0. The number of likely N-dealkylation sites (N-methyl/N-ethyl adjacent to an activating group) is 1. The fraction of sp³-hybridized carbons (Fsp3) is 0.800. The van der Waals surface area contributed by atoms with Crippen LogP contribution in [0.2, 0.25) is 0 Å². The van der Waals surface area contributed by atoms with Gasteiger partial charge in [-0.25, -0.2) is 0 Å². The van der Waals surface area contributed by atoms with Crippen LogP contribution in [0.5, 0.6) is 0 Å². The summed E-state index contributed by atoms with van der Waals surface area (Å²) in [6.45, 7) is 1.98. The maximum atomic E-state index is 12.0. The third-order valence-corrected chi connectivity index (χ3v) is 4.12. The molecule has 0 aromatic rings. The van der Waals surface area contributed by atoms with Crippen LogP contribution in [-0.4, -0.2) is 48.0 Å². The highest BCUT2D eigenvalue weighted by atomic mass is 32.2. The Morgan fingerprint density at radius 2 is 2.20 bits per heavy atom. The lowest BCUT2D eigenvalue weighted by atomic mass is 10.0. The lowest BCUT2D eigenvalue weighted by Crippen LogP contribution is -2.43. The largest absolute Gasteiger partial charge is 0.468 e. The number of amides is 1. The molecule has 4 nitrogen and oxygen atoms in total. The van der Waals surface area contributed by atoms with Gasteiger partial charge in [0.1, 0.15) is 6.54 Å². The van der Waals surface area contributed by atoms with Gasteiger partial charge in [-0.2, -0.15) is 0 Å². The second-order valence-corrected chi connectivity index (χ2v) is 5.52. The van der Waals surface area contributed by atoms with Gasteiger partial charge in [-0.05, 0) is 25.5 Å². The van der Waals surface area contributed by atoms with Crippen LogP contribution in [0.3, 0.4) is 0 Å². The van der Waals surface area contributed by atoms with E-state index in [9.17, 15) is 9.59 Å². The fourth-order valence-electron chi connectivity index (χ4n) is 1.68. The number of ether oxygens (including phenoxy) is 1. The molecule has 0 N–H and O–H groups in total. The molecule has 1 amide bonds. The lowest BCUT2D eigenvalue weighted by molar-refractivity contribution is -0.146. The summed E-state index contributed by atoms with van der Waals surface area (Å²) in [6, 6.07) is 0. The van der Waals surface area contributed by atoms with Crippen molar-refractivity contribution >= 4 is 23.6 Å². The second kappa shape index (κ2) is 4.88. The molecule has 0 aromatic carbocycles. The van der Waals surface area contributed by atoms with E-state index in [1.54, 1.807) is 18.8 Å². The minimum atomic E-state index is -0.377. The zero-order chi connectivity index (χ0) is 11.5. The van der Waals surface area contributed by atoms with Crippen LogP contribution >= 0.6 is 11.8 Å². The second-order valence-electron chi connectivity index (χ2n) is 3.92. The Labute approximate surface area is 94.3 Å². The summed E-state index contributed by atoms with van der Waals surface area (Å²) >= 11 is 1.67. The van der Waals surface area contributed by atoms with Crippen molar-refractivity contribution in [3.05, 3.63) is 0 Å². The maximum absolute atomic E-state index is 12.0. The quantitative estimate of drug-likeness (QED) is 0.677. The van der Waals surface area contributed by atoms with E-state index < -0.39 is 0 Å². The predicted octanol–water partition coefficient (Wildman–Crippen LogP) is 0.903. The van der Waals surface area contributed by atoms with Crippen molar-refractivity contribution in [3.8, 4) is 0 Å². The average Bonchev–Trinajstić information content (AvgIpc) is 2.65. The van der Waals surface area contributed by atoms with Gasteiger partial charge in [-0.15, -0.1) is 11.8 Å². The first-order chi connectivity index (χ1) is 6.99. The molecule has 1 aliphatic rings. The molecule has 0 spiro atoms. The first-order valence-electron chi connectivity index (χ1n) is 4.96. The van der Waals surface area contributed by atoms with Crippen LogP contribution in [0.4, 0.5) is 0 Å². The van der Waals surface area contributed by atoms with Crippen LogP contribution in [-0.2, 0) is 14.3 Å². The highest BCUT2D eigenvalue weighted by Crippen LogP contribution is 2.38. The zero-order valence-corrected chi connectivity index (χ0v) is 10.2. The van der Waals surface area contributed by atoms with Crippen molar-refractivity contribution in [2.75, 3.05) is 26.5 Å². The fourth-order valence-corrected chi connectivity index (χ4v) is 2.99. The number of thioether (sulfide) groups is 1. The summed E-state index contributed by atoms with van der Waals surface area (Å²) in [4.78, 5) is 24.5. The smallest absolute Gasteiger partial charge is 0.325 e. The van der Waals surface area contributed by atoms with Crippen molar-refractivity contribution < 1.29 is 14.3 Å². The number of carbonyl (C=O) groups is 2. The number of rotatable bonds is 3. The summed E-state index contributed by atoms with van der Waals surface area (Å²) in [6.07, 6.45) is 1.96. The van der Waals surface area contributed by atoms with Gasteiger partial charge < -0.3 is 9.64 Å². The molecule has 5 heteroatoms. The Hall–Kier alpha value is -0.710. The summed E-state index contributed by atoms with van der Waals surface area (Å²) in [5.74, 6) is 0.668. The molecule has 0 aliphatic carbocycles. The molecule has 1 unspecified atom stereocenters. The van der Waals surface area contributed by atoms with E-state index in [0.29, 0.717) is 0 Å². The van der Waals surface area contributed by atoms with E-state index in [1.807, 2.05) is 6.92 Å². The molecular weight excluding hydrogens is 214 g/mol. The Morgan fingerprint density at radius 3 is 2.67 bits per heavy atom. The number of methoxy groups -OCH3 is 1. The maximum Gasteiger partial charge on any atom is 0.325 e. The zero-order valence-electron chi connectivity index (χ0n) is 9.41. The van der Waals surface area contributed by atoms with Crippen LogP contribution in [0.1, 0.15) is 19.8 Å². The Morgan fingerprint density at radius 1 is 1.53 bits per heavy atom. The van der Waals surface area contributed by atoms with Gasteiger partial charge >= 0.3 is 5.97 Å². The standard InChI is InChI=1S/C10H17NO3S/c1-10(5-4-6-15-10)9(13)11(2)7-8(12)14-3/h4-7H2,1-3H3. The summed E-state index contributed by atoms with van der Waals surface area (Å²) < 4.78 is 4.18. The van der Waals surface area contributed by atoms with Gasteiger partial charge in [-0.1, -0.05) is 0 Å². The normalized spacial score (nSPS) is 25.0. The summed E-state index contributed by atoms with van der Waals surface area (Å²) in [5.41, 5.74) is 0. The first-order valence-corrected chi connectivity index (χ1v) is 5.94. The molecule has 15 heavy (non-hydrogen) atoms. The molecule has 86 valence electrons. The third-order valence-electron chi connectivity index (χ3n) is 2.61. The minimum absolute atomic E-state index is 0.0235. The van der Waals surface area contributed by atoms with E-state index in [1.165, 1.54) is 12.0 Å². The van der Waals surface area contributed by atoms with E-state index in [0.717, 1.165) is 18.6 Å². The molecule has 0 saturated carbocycles. The Bertz CT molecular complexity index is 261. The number of esters is 1. The lowest BCUT2D eigenvalue weighted by Gasteiger charge is -2.27. The molecule has 1 fully saturated rings. The van der Waals surface area contributed by atoms with Crippen molar-refractivity contribution in [1.29, 1.82) is 0 Å². The molecule has 1 rings (SSSR count). The number of carbonyl (C=O) groups excluding carboxylic acids is 2. The predicted molar refractivity (Wildman–Crippen MR) is 59.8 cm³/mol. The molecule has 1 atom stereocenters. The van der Waals surface area contributed by atoms with Crippen LogP contribution < -0.4 is 0 Å². The molecule has 1 heterocycles. The summed E-state index contributed by atoms with van der Waals surface area (Å²) in [5, 5.41) is 0. The Kier molecular flexibility index (Phi) is 4.02. The van der Waals surface area contributed by atoms with Crippen molar-refractivity contribution in [3.63, 3.8) is 0 Å². The average molecular weight is 231 g/mol. The molecule has 1 aliphatic heterocycles. The van der Waals surface area contributed by atoms with Crippen molar-refractivity contribution in [2.24, 2.45) is 0 Å². The van der Waals surface area contributed by atoms with E-state index in [2.05, 4.69) is 4.74 Å². The van der Waals surface area contributed by atoms with Crippen LogP contribution in [0.15, 0.2) is 0 Å². The molecule has 0 radical (unpaired) electrons. The summed E-state index contributed by atoms with van der Waals surface area (Å²) in [7, 11) is 2.97. The van der Waals surface area contributed by atoms with Crippen molar-refractivity contribution in [2.45, 2.75) is 24.5 Å². The van der Waals surface area contributed by atoms with Gasteiger partial charge in [0.15, 0.2) is 0 Å². The Balaban J connectivity index is 2.55. The molecule has 0 aromatic heterocycles. The molecule has 0 bridgehead atoms.